The number of hydrogen-bond acceptors (Lipinski definition) is 3. The molecule has 2 heterocycles. The summed E-state index contributed by atoms with van der Waals surface area (Å²) in [6.45, 7) is 0.944. The number of piperidine rings is 1. The van der Waals surface area contributed by atoms with Gasteiger partial charge in [0.25, 0.3) is 0 Å². The molecule has 2 aliphatic heterocycles. The first-order valence-corrected chi connectivity index (χ1v) is 10.5. The van der Waals surface area contributed by atoms with E-state index in [1.165, 1.54) is 12.1 Å². The fourth-order valence-electron chi connectivity index (χ4n) is 4.90. The minimum absolute atomic E-state index is 0.00553. The summed E-state index contributed by atoms with van der Waals surface area (Å²) in [5, 5.41) is 3.16. The lowest BCUT2D eigenvalue weighted by Gasteiger charge is -2.39. The SMILES string of the molecule is COc1ccccc1CCC(=O)N1C[C@@H](c2cccc(F)c2)[C@@]2(CCCC(=O)N2)C1. The van der Waals surface area contributed by atoms with Crippen LogP contribution in [0.3, 0.4) is 0 Å². The van der Waals surface area contributed by atoms with E-state index < -0.39 is 5.54 Å². The molecule has 0 aromatic heterocycles. The molecule has 2 fully saturated rings. The monoisotopic (exact) mass is 410 g/mol. The zero-order valence-corrected chi connectivity index (χ0v) is 17.2. The molecule has 2 aromatic rings. The van der Waals surface area contributed by atoms with Gasteiger partial charge >= 0.3 is 0 Å². The molecular formula is C24H27FN2O3. The van der Waals surface area contributed by atoms with Crippen LogP contribution in [0.1, 0.15) is 42.7 Å². The van der Waals surface area contributed by atoms with Crippen molar-refractivity contribution in [3.8, 4) is 5.75 Å². The lowest BCUT2D eigenvalue weighted by Crippen LogP contribution is -2.56. The normalized spacial score (nSPS) is 23.5. The average molecular weight is 410 g/mol. The van der Waals surface area contributed by atoms with Crippen molar-refractivity contribution in [2.75, 3.05) is 20.2 Å². The second-order valence-corrected chi connectivity index (χ2v) is 8.25. The molecule has 158 valence electrons. The second-order valence-electron chi connectivity index (χ2n) is 8.25. The number of methoxy groups -OCH3 is 1. The summed E-state index contributed by atoms with van der Waals surface area (Å²) >= 11 is 0. The number of nitrogens with zero attached hydrogens (tertiary/aromatic N) is 1. The van der Waals surface area contributed by atoms with Crippen LogP contribution in [0, 0.1) is 5.82 Å². The van der Waals surface area contributed by atoms with E-state index in [4.69, 9.17) is 4.74 Å². The van der Waals surface area contributed by atoms with Crippen molar-refractivity contribution in [2.24, 2.45) is 0 Å². The Morgan fingerprint density at radius 3 is 2.87 bits per heavy atom. The predicted molar refractivity (Wildman–Crippen MR) is 112 cm³/mol. The lowest BCUT2D eigenvalue weighted by molar-refractivity contribution is -0.131. The van der Waals surface area contributed by atoms with Crippen LogP contribution in [-0.2, 0) is 16.0 Å². The quantitative estimate of drug-likeness (QED) is 0.822. The average Bonchev–Trinajstić information content (AvgIpc) is 3.10. The van der Waals surface area contributed by atoms with Crippen molar-refractivity contribution < 1.29 is 18.7 Å². The van der Waals surface area contributed by atoms with Gasteiger partial charge in [0.1, 0.15) is 11.6 Å². The molecule has 30 heavy (non-hydrogen) atoms. The molecule has 5 nitrogen and oxygen atoms in total. The van der Waals surface area contributed by atoms with Gasteiger partial charge in [-0.3, -0.25) is 9.59 Å². The smallest absolute Gasteiger partial charge is 0.223 e. The number of amides is 2. The molecule has 0 bridgehead atoms. The Bertz CT molecular complexity index is 948. The number of carbonyl (C=O) groups excluding carboxylic acids is 2. The van der Waals surface area contributed by atoms with Crippen molar-refractivity contribution >= 4 is 11.8 Å². The molecule has 1 N–H and O–H groups in total. The van der Waals surface area contributed by atoms with Gasteiger partial charge in [-0.05, 0) is 48.6 Å². The highest BCUT2D eigenvalue weighted by Crippen LogP contribution is 2.41. The molecule has 2 saturated heterocycles. The van der Waals surface area contributed by atoms with Crippen LogP contribution in [0.5, 0.6) is 5.75 Å². The standard InChI is InChI=1S/C24H27FN2O3/c1-30-21-9-3-2-6-17(21)11-12-23(29)27-15-20(18-7-4-8-19(25)14-18)24(16-27)13-5-10-22(28)26-24/h2-4,6-9,14,20H,5,10-13,15-16H2,1H3,(H,26,28)/t20-,24+/m0/s1. The molecule has 2 atom stereocenters. The summed E-state index contributed by atoms with van der Waals surface area (Å²) in [4.78, 5) is 27.1. The first-order valence-electron chi connectivity index (χ1n) is 10.5. The highest BCUT2D eigenvalue weighted by Gasteiger charge is 2.50. The summed E-state index contributed by atoms with van der Waals surface area (Å²) in [7, 11) is 1.63. The predicted octanol–water partition coefficient (Wildman–Crippen LogP) is 3.43. The van der Waals surface area contributed by atoms with E-state index >= 15 is 0 Å². The largest absolute Gasteiger partial charge is 0.496 e. The molecule has 6 heteroatoms. The number of benzene rings is 2. The molecule has 4 rings (SSSR count). The summed E-state index contributed by atoms with van der Waals surface area (Å²) in [5.74, 6) is 0.406. The summed E-state index contributed by atoms with van der Waals surface area (Å²) in [6.07, 6.45) is 3.01. The number of ether oxygens (including phenoxy) is 1. The van der Waals surface area contributed by atoms with E-state index in [1.54, 1.807) is 13.2 Å². The van der Waals surface area contributed by atoms with Crippen molar-refractivity contribution in [3.63, 3.8) is 0 Å². The highest BCUT2D eigenvalue weighted by atomic mass is 19.1. The fraction of sp³-hybridized carbons (Fsp3) is 0.417. The Labute approximate surface area is 176 Å². The maximum absolute atomic E-state index is 13.9. The third-order valence-electron chi connectivity index (χ3n) is 6.36. The zero-order valence-electron chi connectivity index (χ0n) is 17.2. The highest BCUT2D eigenvalue weighted by molar-refractivity contribution is 5.80. The number of carbonyl (C=O) groups is 2. The van der Waals surface area contributed by atoms with Gasteiger partial charge in [0.05, 0.1) is 12.6 Å². The topological polar surface area (TPSA) is 58.6 Å². The lowest BCUT2D eigenvalue weighted by atomic mass is 9.76. The van der Waals surface area contributed by atoms with Crippen molar-refractivity contribution in [1.29, 1.82) is 0 Å². The van der Waals surface area contributed by atoms with E-state index in [1.807, 2.05) is 35.2 Å². The molecule has 2 aliphatic rings. The van der Waals surface area contributed by atoms with E-state index in [-0.39, 0.29) is 23.5 Å². The maximum atomic E-state index is 13.9. The minimum Gasteiger partial charge on any atom is -0.496 e. The van der Waals surface area contributed by atoms with Gasteiger partial charge in [0.15, 0.2) is 0 Å². The van der Waals surface area contributed by atoms with Gasteiger partial charge < -0.3 is 15.0 Å². The second kappa shape index (κ2) is 8.46. The van der Waals surface area contributed by atoms with Gasteiger partial charge in [-0.15, -0.1) is 0 Å². The number of nitrogens with one attached hydrogen (secondary N) is 1. The van der Waals surface area contributed by atoms with Gasteiger partial charge in [-0.2, -0.15) is 0 Å². The van der Waals surface area contributed by atoms with Crippen molar-refractivity contribution in [1.82, 2.24) is 10.2 Å². The number of rotatable bonds is 5. The van der Waals surface area contributed by atoms with E-state index in [0.29, 0.717) is 32.4 Å². The zero-order chi connectivity index (χ0) is 21.1. The maximum Gasteiger partial charge on any atom is 0.223 e. The number of halogens is 1. The molecule has 0 unspecified atom stereocenters. The number of para-hydroxylation sites is 1. The van der Waals surface area contributed by atoms with Gasteiger partial charge in [0, 0.05) is 31.8 Å². The first-order chi connectivity index (χ1) is 14.5. The number of likely N-dealkylation sites (tertiary alicyclic amines) is 1. The summed E-state index contributed by atoms with van der Waals surface area (Å²) in [6, 6.07) is 14.2. The van der Waals surface area contributed by atoms with E-state index in [2.05, 4.69) is 5.32 Å². The molecule has 0 saturated carbocycles. The van der Waals surface area contributed by atoms with Gasteiger partial charge in [-0.1, -0.05) is 30.3 Å². The van der Waals surface area contributed by atoms with Crippen LogP contribution in [-0.4, -0.2) is 42.5 Å². The minimum atomic E-state index is -0.525. The van der Waals surface area contributed by atoms with Crippen LogP contribution in [0.15, 0.2) is 48.5 Å². The van der Waals surface area contributed by atoms with Crippen LogP contribution >= 0.6 is 0 Å². The molecular weight excluding hydrogens is 383 g/mol. The number of aryl methyl sites for hydroxylation is 1. The van der Waals surface area contributed by atoms with Crippen LogP contribution in [0.25, 0.3) is 0 Å². The molecule has 2 amide bonds. The van der Waals surface area contributed by atoms with Crippen LogP contribution in [0.2, 0.25) is 0 Å². The Morgan fingerprint density at radius 2 is 2.10 bits per heavy atom. The van der Waals surface area contributed by atoms with Crippen molar-refractivity contribution in [2.45, 2.75) is 43.6 Å². The first kappa shape index (κ1) is 20.4. The third kappa shape index (κ3) is 4.04. The summed E-state index contributed by atoms with van der Waals surface area (Å²) in [5.41, 5.74) is 1.30. The molecule has 0 radical (unpaired) electrons. The Morgan fingerprint density at radius 1 is 1.27 bits per heavy atom. The van der Waals surface area contributed by atoms with Crippen molar-refractivity contribution in [3.05, 3.63) is 65.5 Å². The Kier molecular flexibility index (Phi) is 5.75. The fourth-order valence-corrected chi connectivity index (χ4v) is 4.90. The molecule has 1 spiro atoms. The Hall–Kier alpha value is -2.89. The third-order valence-corrected chi connectivity index (χ3v) is 6.36. The van der Waals surface area contributed by atoms with Gasteiger partial charge in [-0.25, -0.2) is 4.39 Å². The summed E-state index contributed by atoms with van der Waals surface area (Å²) < 4.78 is 19.3. The van der Waals surface area contributed by atoms with Crippen LogP contribution < -0.4 is 10.1 Å². The Balaban J connectivity index is 1.53. The van der Waals surface area contributed by atoms with Gasteiger partial charge in [0.2, 0.25) is 11.8 Å². The van der Waals surface area contributed by atoms with E-state index in [0.717, 1.165) is 29.7 Å². The van der Waals surface area contributed by atoms with E-state index in [9.17, 15) is 14.0 Å². The molecule has 2 aromatic carbocycles. The molecule has 0 aliphatic carbocycles. The van der Waals surface area contributed by atoms with Crippen LogP contribution in [0.4, 0.5) is 4.39 Å². The number of hydrogen-bond donors (Lipinski definition) is 1.